The molecule has 8 heteroatoms. The smallest absolute Gasteiger partial charge is 0.328 e. The lowest BCUT2D eigenvalue weighted by Crippen LogP contribution is -2.42. The first-order valence-electron chi connectivity index (χ1n) is 7.35. The summed E-state index contributed by atoms with van der Waals surface area (Å²) in [7, 11) is -4.18. The van der Waals surface area contributed by atoms with E-state index < -0.39 is 16.1 Å². The number of nitrogen functional groups attached to an aromatic ring is 1. The van der Waals surface area contributed by atoms with E-state index in [0.717, 1.165) is 5.56 Å². The van der Waals surface area contributed by atoms with Crippen molar-refractivity contribution >= 4 is 21.9 Å². The Morgan fingerprint density at radius 1 is 1.25 bits per heavy atom. The Hall–Kier alpha value is -2.61. The molecule has 0 spiro atoms. The third-order valence-electron chi connectivity index (χ3n) is 3.18. The Labute approximate surface area is 141 Å². The number of aryl methyl sites for hydroxylation is 1. The predicted molar refractivity (Wildman–Crippen MR) is 92.8 cm³/mol. The third kappa shape index (κ3) is 4.02. The van der Waals surface area contributed by atoms with Gasteiger partial charge in [-0.25, -0.2) is 22.9 Å². The molecule has 7 nitrogen and oxygen atoms in total. The van der Waals surface area contributed by atoms with Gasteiger partial charge in [0.15, 0.2) is 0 Å². The molecule has 0 radical (unpaired) electrons. The fourth-order valence-corrected chi connectivity index (χ4v) is 3.46. The maximum Gasteiger partial charge on any atom is 0.328 e. The third-order valence-corrected chi connectivity index (χ3v) is 4.60. The van der Waals surface area contributed by atoms with Gasteiger partial charge in [0.2, 0.25) is 0 Å². The number of carbonyl (C=O) groups is 1. The van der Waals surface area contributed by atoms with E-state index in [9.17, 15) is 13.2 Å². The Bertz CT molecular complexity index is 863. The Morgan fingerprint density at radius 3 is 2.58 bits per heavy atom. The molecule has 0 aliphatic carbocycles. The van der Waals surface area contributed by atoms with Crippen molar-refractivity contribution in [3.63, 3.8) is 0 Å². The van der Waals surface area contributed by atoms with Crippen molar-refractivity contribution in [2.75, 3.05) is 5.73 Å². The number of rotatable bonds is 4. The van der Waals surface area contributed by atoms with Crippen molar-refractivity contribution in [2.24, 2.45) is 0 Å². The summed E-state index contributed by atoms with van der Waals surface area (Å²) in [6.45, 7) is 5.35. The standard InChI is InChI=1S/C16H20N4O3S/c1-10(2)19-16(21)20-24(22,23)14-13(7-8-18-15(14)17)12-6-4-5-11(3)9-12/h4-10H,1-3H3,(H2,17,18)(H2,19,20,21). The number of hydrogen-bond acceptors (Lipinski definition) is 5. The lowest BCUT2D eigenvalue weighted by Gasteiger charge is -2.15. The second-order valence-corrected chi connectivity index (χ2v) is 7.30. The first-order valence-corrected chi connectivity index (χ1v) is 8.84. The van der Waals surface area contributed by atoms with Crippen LogP contribution in [-0.4, -0.2) is 25.5 Å². The number of urea groups is 1. The van der Waals surface area contributed by atoms with Crippen molar-refractivity contribution < 1.29 is 13.2 Å². The minimum Gasteiger partial charge on any atom is -0.383 e. The molecular formula is C16H20N4O3S. The number of benzene rings is 1. The molecular weight excluding hydrogens is 328 g/mol. The van der Waals surface area contributed by atoms with Gasteiger partial charge in [-0.2, -0.15) is 0 Å². The van der Waals surface area contributed by atoms with Crippen LogP contribution in [0.4, 0.5) is 10.6 Å². The van der Waals surface area contributed by atoms with E-state index in [1.165, 1.54) is 6.20 Å². The number of hydrogen-bond donors (Lipinski definition) is 3. The summed E-state index contributed by atoms with van der Waals surface area (Å²) in [6, 6.07) is 7.86. The zero-order chi connectivity index (χ0) is 17.9. The highest BCUT2D eigenvalue weighted by molar-refractivity contribution is 7.90. The van der Waals surface area contributed by atoms with Crippen LogP contribution in [0.5, 0.6) is 0 Å². The fraction of sp³-hybridized carbons (Fsp3) is 0.250. The van der Waals surface area contributed by atoms with Gasteiger partial charge in [-0.1, -0.05) is 29.8 Å². The molecule has 0 unspecified atom stereocenters. The van der Waals surface area contributed by atoms with Crippen molar-refractivity contribution in [1.29, 1.82) is 0 Å². The number of nitrogens with two attached hydrogens (primary N) is 1. The summed E-state index contributed by atoms with van der Waals surface area (Å²) in [4.78, 5) is 15.4. The average molecular weight is 348 g/mol. The Balaban J connectivity index is 2.52. The lowest BCUT2D eigenvalue weighted by molar-refractivity contribution is 0.243. The molecule has 0 aliphatic heterocycles. The molecule has 24 heavy (non-hydrogen) atoms. The monoisotopic (exact) mass is 348 g/mol. The average Bonchev–Trinajstić information content (AvgIpc) is 2.45. The van der Waals surface area contributed by atoms with Crippen molar-refractivity contribution in [3.05, 3.63) is 42.1 Å². The maximum atomic E-state index is 12.6. The first-order chi connectivity index (χ1) is 11.2. The van der Waals surface area contributed by atoms with E-state index in [0.29, 0.717) is 11.1 Å². The quantitative estimate of drug-likeness (QED) is 0.782. The van der Waals surface area contributed by atoms with Gasteiger partial charge in [-0.05, 0) is 32.4 Å². The van der Waals surface area contributed by atoms with Crippen LogP contribution in [0.2, 0.25) is 0 Å². The van der Waals surface area contributed by atoms with Crippen molar-refractivity contribution in [2.45, 2.75) is 31.7 Å². The number of sulfonamides is 1. The molecule has 2 amide bonds. The lowest BCUT2D eigenvalue weighted by atomic mass is 10.0. The largest absolute Gasteiger partial charge is 0.383 e. The molecule has 1 heterocycles. The molecule has 2 aromatic rings. The number of nitrogens with one attached hydrogen (secondary N) is 2. The fourth-order valence-electron chi connectivity index (χ4n) is 2.25. The van der Waals surface area contributed by atoms with Gasteiger partial charge in [0, 0.05) is 17.8 Å². The van der Waals surface area contributed by atoms with Crippen LogP contribution >= 0.6 is 0 Å². The van der Waals surface area contributed by atoms with Gasteiger partial charge in [-0.15, -0.1) is 0 Å². The van der Waals surface area contributed by atoms with Crippen LogP contribution in [0.15, 0.2) is 41.4 Å². The second-order valence-electron chi connectivity index (χ2n) is 5.68. The van der Waals surface area contributed by atoms with Gasteiger partial charge in [0.05, 0.1) is 0 Å². The Kier molecular flexibility index (Phi) is 5.08. The number of pyridine rings is 1. The molecule has 0 atom stereocenters. The van der Waals surface area contributed by atoms with Gasteiger partial charge < -0.3 is 11.1 Å². The summed E-state index contributed by atoms with van der Waals surface area (Å²) in [6.07, 6.45) is 1.43. The Morgan fingerprint density at radius 2 is 1.96 bits per heavy atom. The van der Waals surface area contributed by atoms with Gasteiger partial charge in [0.25, 0.3) is 10.0 Å². The van der Waals surface area contributed by atoms with Crippen LogP contribution in [0, 0.1) is 6.92 Å². The molecule has 128 valence electrons. The second kappa shape index (κ2) is 6.88. The summed E-state index contributed by atoms with van der Waals surface area (Å²) < 4.78 is 27.2. The zero-order valence-corrected chi connectivity index (χ0v) is 14.5. The molecule has 0 saturated carbocycles. The number of carbonyl (C=O) groups excluding carboxylic acids is 1. The van der Waals surface area contributed by atoms with E-state index >= 15 is 0 Å². The van der Waals surface area contributed by atoms with Crippen LogP contribution in [0.3, 0.4) is 0 Å². The number of anilines is 1. The highest BCUT2D eigenvalue weighted by Gasteiger charge is 2.25. The summed E-state index contributed by atoms with van der Waals surface area (Å²) in [5, 5.41) is 2.47. The van der Waals surface area contributed by atoms with Crippen LogP contribution in [-0.2, 0) is 10.0 Å². The molecule has 1 aromatic carbocycles. The summed E-state index contributed by atoms with van der Waals surface area (Å²) in [5.74, 6) is -0.168. The maximum absolute atomic E-state index is 12.6. The van der Waals surface area contributed by atoms with Crippen molar-refractivity contribution in [1.82, 2.24) is 15.0 Å². The molecule has 1 aromatic heterocycles. The molecule has 0 saturated heterocycles. The minimum absolute atomic E-state index is 0.168. The topological polar surface area (TPSA) is 114 Å². The zero-order valence-electron chi connectivity index (χ0n) is 13.7. The van der Waals surface area contributed by atoms with E-state index in [-0.39, 0.29) is 16.8 Å². The SMILES string of the molecule is Cc1cccc(-c2ccnc(N)c2S(=O)(=O)NC(=O)NC(C)C)c1. The predicted octanol–water partition coefficient (Wildman–Crippen LogP) is 2.04. The van der Waals surface area contributed by atoms with E-state index in [4.69, 9.17) is 5.73 Å². The molecule has 0 fully saturated rings. The molecule has 0 aliphatic rings. The van der Waals surface area contributed by atoms with Gasteiger partial charge in [-0.3, -0.25) is 0 Å². The van der Waals surface area contributed by atoms with Crippen LogP contribution in [0.25, 0.3) is 11.1 Å². The molecule has 4 N–H and O–H groups in total. The van der Waals surface area contributed by atoms with E-state index in [1.807, 2.05) is 29.8 Å². The minimum atomic E-state index is -4.18. The highest BCUT2D eigenvalue weighted by Crippen LogP contribution is 2.30. The molecule has 2 rings (SSSR count). The number of amides is 2. The van der Waals surface area contributed by atoms with Crippen molar-refractivity contribution in [3.8, 4) is 11.1 Å². The first kappa shape index (κ1) is 17.7. The summed E-state index contributed by atoms with van der Waals surface area (Å²) in [5.41, 5.74) is 7.83. The summed E-state index contributed by atoms with van der Waals surface area (Å²) >= 11 is 0. The highest BCUT2D eigenvalue weighted by atomic mass is 32.2. The van der Waals surface area contributed by atoms with Crippen LogP contribution < -0.4 is 15.8 Å². The van der Waals surface area contributed by atoms with E-state index in [2.05, 4.69) is 10.3 Å². The van der Waals surface area contributed by atoms with Gasteiger partial charge in [0.1, 0.15) is 10.7 Å². The number of nitrogens with zero attached hydrogens (tertiary/aromatic N) is 1. The number of aromatic nitrogens is 1. The van der Waals surface area contributed by atoms with E-state index in [1.54, 1.807) is 26.0 Å². The molecule has 0 bridgehead atoms. The van der Waals surface area contributed by atoms with Crippen LogP contribution in [0.1, 0.15) is 19.4 Å². The van der Waals surface area contributed by atoms with Gasteiger partial charge >= 0.3 is 6.03 Å². The normalized spacial score (nSPS) is 11.3.